The summed E-state index contributed by atoms with van der Waals surface area (Å²) in [6, 6.07) is 6.21. The molecule has 1 aromatic heterocycles. The summed E-state index contributed by atoms with van der Waals surface area (Å²) in [5, 5.41) is 3.39. The van der Waals surface area contributed by atoms with Crippen LogP contribution in [0.4, 0.5) is 11.6 Å². The van der Waals surface area contributed by atoms with Gasteiger partial charge >= 0.3 is 0 Å². The van der Waals surface area contributed by atoms with Crippen LogP contribution in [-0.4, -0.2) is 11.0 Å². The fourth-order valence-corrected chi connectivity index (χ4v) is 1.82. The zero-order valence-corrected chi connectivity index (χ0v) is 8.53. The summed E-state index contributed by atoms with van der Waals surface area (Å²) < 4.78 is 0. The van der Waals surface area contributed by atoms with Crippen LogP contribution in [0.1, 0.15) is 26.2 Å². The maximum absolute atomic E-state index is 5.61. The van der Waals surface area contributed by atoms with E-state index >= 15 is 0 Å². The Balaban J connectivity index is 1.95. The smallest absolute Gasteiger partial charge is 0.128 e. The maximum Gasteiger partial charge on any atom is 0.128 e. The van der Waals surface area contributed by atoms with Crippen LogP contribution in [0.5, 0.6) is 0 Å². The van der Waals surface area contributed by atoms with E-state index in [0.717, 1.165) is 11.7 Å². The Hall–Kier alpha value is -1.25. The zero-order valence-electron chi connectivity index (χ0n) is 8.53. The van der Waals surface area contributed by atoms with Crippen molar-refractivity contribution in [3.05, 3.63) is 18.2 Å². The van der Waals surface area contributed by atoms with Gasteiger partial charge in [-0.25, -0.2) is 4.98 Å². The van der Waals surface area contributed by atoms with Crippen molar-refractivity contribution in [3.8, 4) is 0 Å². The Morgan fingerprint density at radius 3 is 2.86 bits per heavy atom. The van der Waals surface area contributed by atoms with Crippen LogP contribution >= 0.6 is 0 Å². The molecule has 0 spiro atoms. The third-order valence-electron chi connectivity index (χ3n) is 3.00. The number of nitrogens with zero attached hydrogens (tertiary/aromatic N) is 1. The van der Waals surface area contributed by atoms with Gasteiger partial charge in [-0.05, 0) is 37.8 Å². The number of aromatic nitrogens is 1. The number of rotatable bonds is 3. The van der Waals surface area contributed by atoms with Gasteiger partial charge in [0.2, 0.25) is 0 Å². The molecule has 0 amide bonds. The van der Waals surface area contributed by atoms with E-state index in [-0.39, 0.29) is 0 Å². The predicted octanol–water partition coefficient (Wildman–Crippen LogP) is 2.26. The molecule has 1 heterocycles. The maximum atomic E-state index is 5.61. The standard InChI is InChI=1S/C11H17N3/c1-8(9-4-2-5-9)13-11-7-3-6-10(12)14-11/h3,6-9H,2,4-5H2,1H3,(H3,12,13,14). The Labute approximate surface area is 84.7 Å². The quantitative estimate of drug-likeness (QED) is 0.770. The van der Waals surface area contributed by atoms with Gasteiger partial charge in [0.25, 0.3) is 0 Å². The molecular weight excluding hydrogens is 174 g/mol. The number of hydrogen-bond donors (Lipinski definition) is 2. The average Bonchev–Trinajstić information content (AvgIpc) is 1.99. The second-order valence-corrected chi connectivity index (χ2v) is 4.07. The molecule has 0 aromatic carbocycles. The number of nitrogen functional groups attached to an aromatic ring is 1. The molecule has 1 aliphatic carbocycles. The molecule has 14 heavy (non-hydrogen) atoms. The number of hydrogen-bond acceptors (Lipinski definition) is 3. The highest BCUT2D eigenvalue weighted by molar-refractivity contribution is 5.42. The van der Waals surface area contributed by atoms with Crippen molar-refractivity contribution in [1.29, 1.82) is 0 Å². The van der Waals surface area contributed by atoms with Gasteiger partial charge in [0, 0.05) is 6.04 Å². The second-order valence-electron chi connectivity index (χ2n) is 4.07. The van der Waals surface area contributed by atoms with E-state index in [9.17, 15) is 0 Å². The molecule has 1 atom stereocenters. The molecule has 3 heteroatoms. The van der Waals surface area contributed by atoms with E-state index in [1.165, 1.54) is 19.3 Å². The minimum atomic E-state index is 0.512. The average molecular weight is 191 g/mol. The molecular formula is C11H17N3. The van der Waals surface area contributed by atoms with Gasteiger partial charge in [-0.2, -0.15) is 0 Å². The first-order valence-corrected chi connectivity index (χ1v) is 5.25. The summed E-state index contributed by atoms with van der Waals surface area (Å²) in [5.74, 6) is 2.29. The summed E-state index contributed by atoms with van der Waals surface area (Å²) in [5.41, 5.74) is 5.61. The Bertz CT molecular complexity index is 307. The molecule has 0 bridgehead atoms. The van der Waals surface area contributed by atoms with Gasteiger partial charge < -0.3 is 11.1 Å². The third kappa shape index (κ3) is 1.97. The van der Waals surface area contributed by atoms with Crippen molar-refractivity contribution >= 4 is 11.6 Å². The van der Waals surface area contributed by atoms with E-state index in [4.69, 9.17) is 5.73 Å². The molecule has 3 nitrogen and oxygen atoms in total. The SMILES string of the molecule is CC(Nc1cccc(N)n1)C1CCC1. The Morgan fingerprint density at radius 1 is 1.50 bits per heavy atom. The van der Waals surface area contributed by atoms with E-state index in [1.807, 2.05) is 12.1 Å². The van der Waals surface area contributed by atoms with Crippen molar-refractivity contribution in [2.45, 2.75) is 32.2 Å². The largest absolute Gasteiger partial charge is 0.384 e. The van der Waals surface area contributed by atoms with Crippen LogP contribution in [0.15, 0.2) is 18.2 Å². The fourth-order valence-electron chi connectivity index (χ4n) is 1.82. The summed E-state index contributed by atoms with van der Waals surface area (Å²) >= 11 is 0. The van der Waals surface area contributed by atoms with Gasteiger partial charge in [-0.15, -0.1) is 0 Å². The topological polar surface area (TPSA) is 50.9 Å². The zero-order chi connectivity index (χ0) is 9.97. The molecule has 1 aliphatic rings. The molecule has 1 saturated carbocycles. The normalized spacial score (nSPS) is 18.6. The first-order chi connectivity index (χ1) is 6.75. The highest BCUT2D eigenvalue weighted by atomic mass is 15.0. The predicted molar refractivity (Wildman–Crippen MR) is 59.1 cm³/mol. The Kier molecular flexibility index (Phi) is 2.57. The highest BCUT2D eigenvalue weighted by Gasteiger charge is 2.23. The summed E-state index contributed by atoms with van der Waals surface area (Å²) in [6.45, 7) is 2.22. The second kappa shape index (κ2) is 3.86. The Morgan fingerprint density at radius 2 is 2.29 bits per heavy atom. The van der Waals surface area contributed by atoms with Crippen LogP contribution in [0.25, 0.3) is 0 Å². The van der Waals surface area contributed by atoms with Crippen molar-refractivity contribution in [2.24, 2.45) is 5.92 Å². The molecule has 0 aliphatic heterocycles. The number of nitrogens with two attached hydrogens (primary N) is 1. The van der Waals surface area contributed by atoms with Crippen LogP contribution < -0.4 is 11.1 Å². The van der Waals surface area contributed by atoms with Gasteiger partial charge in [-0.1, -0.05) is 12.5 Å². The van der Waals surface area contributed by atoms with Crippen LogP contribution in [0.3, 0.4) is 0 Å². The highest BCUT2D eigenvalue weighted by Crippen LogP contribution is 2.30. The lowest BCUT2D eigenvalue weighted by Gasteiger charge is -2.32. The fraction of sp³-hybridized carbons (Fsp3) is 0.545. The van der Waals surface area contributed by atoms with Crippen molar-refractivity contribution in [1.82, 2.24) is 4.98 Å². The van der Waals surface area contributed by atoms with Crippen molar-refractivity contribution in [3.63, 3.8) is 0 Å². The van der Waals surface area contributed by atoms with Crippen LogP contribution in [0, 0.1) is 5.92 Å². The first kappa shape index (κ1) is 9.31. The molecule has 2 rings (SSSR count). The lowest BCUT2D eigenvalue weighted by Crippen LogP contribution is -2.31. The number of anilines is 2. The summed E-state index contributed by atoms with van der Waals surface area (Å²) in [4.78, 5) is 4.22. The molecule has 3 N–H and O–H groups in total. The molecule has 0 radical (unpaired) electrons. The van der Waals surface area contributed by atoms with E-state index in [1.54, 1.807) is 6.07 Å². The molecule has 0 saturated heterocycles. The molecule has 76 valence electrons. The summed E-state index contributed by atoms with van der Waals surface area (Å²) in [7, 11) is 0. The number of pyridine rings is 1. The van der Waals surface area contributed by atoms with Gasteiger partial charge in [0.15, 0.2) is 0 Å². The summed E-state index contributed by atoms with van der Waals surface area (Å²) in [6.07, 6.45) is 4.06. The van der Waals surface area contributed by atoms with Crippen molar-refractivity contribution in [2.75, 3.05) is 11.1 Å². The molecule has 1 aromatic rings. The first-order valence-electron chi connectivity index (χ1n) is 5.25. The molecule has 1 unspecified atom stereocenters. The minimum absolute atomic E-state index is 0.512. The van der Waals surface area contributed by atoms with Crippen LogP contribution in [0.2, 0.25) is 0 Å². The van der Waals surface area contributed by atoms with E-state index < -0.39 is 0 Å². The van der Waals surface area contributed by atoms with Crippen molar-refractivity contribution < 1.29 is 0 Å². The van der Waals surface area contributed by atoms with Crippen LogP contribution in [-0.2, 0) is 0 Å². The number of nitrogens with one attached hydrogen (secondary N) is 1. The lowest BCUT2D eigenvalue weighted by molar-refractivity contribution is 0.285. The minimum Gasteiger partial charge on any atom is -0.384 e. The third-order valence-corrected chi connectivity index (χ3v) is 3.00. The monoisotopic (exact) mass is 191 g/mol. The molecule has 1 fully saturated rings. The van der Waals surface area contributed by atoms with Gasteiger partial charge in [0.05, 0.1) is 0 Å². The van der Waals surface area contributed by atoms with E-state index in [2.05, 4.69) is 17.2 Å². The van der Waals surface area contributed by atoms with Gasteiger partial charge in [-0.3, -0.25) is 0 Å². The van der Waals surface area contributed by atoms with Gasteiger partial charge in [0.1, 0.15) is 11.6 Å². The van der Waals surface area contributed by atoms with E-state index in [0.29, 0.717) is 11.9 Å². The lowest BCUT2D eigenvalue weighted by atomic mass is 9.80.